The van der Waals surface area contributed by atoms with Gasteiger partial charge in [-0.25, -0.2) is 9.97 Å². The van der Waals surface area contributed by atoms with Crippen LogP contribution < -0.4 is 10.1 Å². The first-order valence-electron chi connectivity index (χ1n) is 5.65. The average molecular weight is 312 g/mol. The minimum absolute atomic E-state index is 0.0917. The zero-order valence-corrected chi connectivity index (χ0v) is 12.3. The molecule has 104 valence electrons. The monoisotopic (exact) mass is 311 g/mol. The van der Waals surface area contributed by atoms with Crippen LogP contribution in [0.1, 0.15) is 16.2 Å². The third-order valence-electron chi connectivity index (χ3n) is 2.56. The molecule has 2 rings (SSSR count). The number of aromatic nitrogens is 2. The number of aldehydes is 1. The lowest BCUT2D eigenvalue weighted by molar-refractivity contribution is 0.112. The molecule has 0 bridgehead atoms. The van der Waals surface area contributed by atoms with Gasteiger partial charge < -0.3 is 10.1 Å². The number of rotatable bonds is 4. The summed E-state index contributed by atoms with van der Waals surface area (Å²) in [6.07, 6.45) is 0.595. The van der Waals surface area contributed by atoms with Crippen LogP contribution in [-0.2, 0) is 0 Å². The van der Waals surface area contributed by atoms with Crippen molar-refractivity contribution < 1.29 is 9.53 Å². The Morgan fingerprint density at radius 2 is 2.05 bits per heavy atom. The SMILES string of the molecule is COc1ccc(Cl)c(Nc2nc(C)nc(Cl)c2C=O)c1. The van der Waals surface area contributed by atoms with Crippen molar-refractivity contribution in [2.24, 2.45) is 0 Å². The Kier molecular flexibility index (Phi) is 4.42. The number of carbonyl (C=O) groups excluding carboxylic acids is 1. The molecule has 1 heterocycles. The van der Waals surface area contributed by atoms with Crippen molar-refractivity contribution in [2.45, 2.75) is 6.92 Å². The van der Waals surface area contributed by atoms with Crippen LogP contribution in [0.2, 0.25) is 10.2 Å². The van der Waals surface area contributed by atoms with E-state index >= 15 is 0 Å². The minimum Gasteiger partial charge on any atom is -0.497 e. The van der Waals surface area contributed by atoms with Gasteiger partial charge in [-0.3, -0.25) is 4.79 Å². The zero-order valence-electron chi connectivity index (χ0n) is 10.8. The van der Waals surface area contributed by atoms with E-state index in [1.165, 1.54) is 0 Å². The molecule has 5 nitrogen and oxygen atoms in total. The van der Waals surface area contributed by atoms with Gasteiger partial charge in [0, 0.05) is 6.07 Å². The molecule has 2 aromatic rings. The van der Waals surface area contributed by atoms with Gasteiger partial charge in [-0.1, -0.05) is 23.2 Å². The Balaban J connectivity index is 2.46. The van der Waals surface area contributed by atoms with E-state index in [1.54, 1.807) is 32.2 Å². The molecule has 0 unspecified atom stereocenters. The van der Waals surface area contributed by atoms with E-state index < -0.39 is 0 Å². The second-order valence-electron chi connectivity index (χ2n) is 3.91. The molecule has 0 saturated heterocycles. The maximum Gasteiger partial charge on any atom is 0.156 e. The van der Waals surface area contributed by atoms with Gasteiger partial charge in [0.15, 0.2) is 6.29 Å². The predicted octanol–water partition coefficient (Wildman–Crippen LogP) is 3.66. The highest BCUT2D eigenvalue weighted by Gasteiger charge is 2.13. The van der Waals surface area contributed by atoms with Crippen molar-refractivity contribution in [3.63, 3.8) is 0 Å². The van der Waals surface area contributed by atoms with Crippen LogP contribution in [0.25, 0.3) is 0 Å². The van der Waals surface area contributed by atoms with Crippen LogP contribution in [0, 0.1) is 6.92 Å². The van der Waals surface area contributed by atoms with Crippen LogP contribution in [0.5, 0.6) is 5.75 Å². The number of aryl methyl sites for hydroxylation is 1. The molecule has 0 aliphatic rings. The van der Waals surface area contributed by atoms with Gasteiger partial charge in [-0.2, -0.15) is 0 Å². The number of methoxy groups -OCH3 is 1. The number of nitrogens with one attached hydrogen (secondary N) is 1. The number of carbonyl (C=O) groups is 1. The van der Waals surface area contributed by atoms with Crippen LogP contribution in [0.3, 0.4) is 0 Å². The molecule has 1 aromatic carbocycles. The first-order valence-corrected chi connectivity index (χ1v) is 6.40. The van der Waals surface area contributed by atoms with E-state index in [1.807, 2.05) is 0 Å². The van der Waals surface area contributed by atoms with Crippen molar-refractivity contribution in [3.05, 3.63) is 39.8 Å². The number of anilines is 2. The van der Waals surface area contributed by atoms with Crippen LogP contribution >= 0.6 is 23.2 Å². The summed E-state index contributed by atoms with van der Waals surface area (Å²) in [5.74, 6) is 1.37. The van der Waals surface area contributed by atoms with Crippen LogP contribution in [0.4, 0.5) is 11.5 Å². The van der Waals surface area contributed by atoms with E-state index in [-0.39, 0.29) is 10.7 Å². The molecule has 0 fully saturated rings. The second-order valence-corrected chi connectivity index (χ2v) is 4.68. The number of benzene rings is 1. The van der Waals surface area contributed by atoms with E-state index in [0.717, 1.165) is 0 Å². The van der Waals surface area contributed by atoms with E-state index in [9.17, 15) is 4.79 Å². The maximum atomic E-state index is 11.1. The molecule has 7 heteroatoms. The smallest absolute Gasteiger partial charge is 0.156 e. The molecule has 0 atom stereocenters. The minimum atomic E-state index is 0.0917. The van der Waals surface area contributed by atoms with E-state index in [4.69, 9.17) is 27.9 Å². The molecule has 1 N–H and O–H groups in total. The summed E-state index contributed by atoms with van der Waals surface area (Å²) in [6.45, 7) is 1.68. The van der Waals surface area contributed by atoms with E-state index in [0.29, 0.717) is 34.4 Å². The number of halogens is 2. The number of nitrogens with zero attached hydrogens (tertiary/aromatic N) is 2. The van der Waals surface area contributed by atoms with Crippen molar-refractivity contribution >= 4 is 41.0 Å². The van der Waals surface area contributed by atoms with Gasteiger partial charge in [0.25, 0.3) is 0 Å². The Morgan fingerprint density at radius 1 is 1.30 bits per heavy atom. The molecule has 1 aromatic heterocycles. The molecule has 0 aliphatic heterocycles. The van der Waals surface area contributed by atoms with Gasteiger partial charge in [-0.05, 0) is 19.1 Å². The number of hydrogen-bond donors (Lipinski definition) is 1. The predicted molar refractivity (Wildman–Crippen MR) is 78.5 cm³/mol. The number of hydrogen-bond acceptors (Lipinski definition) is 5. The fourth-order valence-corrected chi connectivity index (χ4v) is 2.02. The highest BCUT2D eigenvalue weighted by molar-refractivity contribution is 6.34. The molecular weight excluding hydrogens is 301 g/mol. The molecular formula is C13H11Cl2N3O2. The fourth-order valence-electron chi connectivity index (χ4n) is 1.60. The van der Waals surface area contributed by atoms with Crippen LogP contribution in [-0.4, -0.2) is 23.4 Å². The van der Waals surface area contributed by atoms with Gasteiger partial charge in [0.1, 0.15) is 22.5 Å². The van der Waals surface area contributed by atoms with Gasteiger partial charge in [-0.15, -0.1) is 0 Å². The van der Waals surface area contributed by atoms with E-state index in [2.05, 4.69) is 15.3 Å². The molecule has 0 radical (unpaired) electrons. The lowest BCUT2D eigenvalue weighted by atomic mass is 10.2. The molecule has 0 saturated carbocycles. The largest absolute Gasteiger partial charge is 0.497 e. The van der Waals surface area contributed by atoms with Gasteiger partial charge in [0.2, 0.25) is 0 Å². The summed E-state index contributed by atoms with van der Waals surface area (Å²) in [7, 11) is 1.55. The van der Waals surface area contributed by atoms with Crippen molar-refractivity contribution in [1.29, 1.82) is 0 Å². The van der Waals surface area contributed by atoms with Gasteiger partial charge in [0.05, 0.1) is 23.4 Å². The highest BCUT2D eigenvalue weighted by Crippen LogP contribution is 2.30. The second kappa shape index (κ2) is 6.07. The maximum absolute atomic E-state index is 11.1. The third-order valence-corrected chi connectivity index (χ3v) is 3.17. The molecule has 20 heavy (non-hydrogen) atoms. The Morgan fingerprint density at radius 3 is 2.70 bits per heavy atom. The third kappa shape index (κ3) is 3.00. The molecule has 0 amide bonds. The average Bonchev–Trinajstić information content (AvgIpc) is 2.41. The Bertz CT molecular complexity index is 662. The normalized spacial score (nSPS) is 10.2. The molecule has 0 aliphatic carbocycles. The van der Waals surface area contributed by atoms with Crippen molar-refractivity contribution in [3.8, 4) is 5.75 Å². The van der Waals surface area contributed by atoms with Gasteiger partial charge >= 0.3 is 0 Å². The summed E-state index contributed by atoms with van der Waals surface area (Å²) >= 11 is 12.0. The zero-order chi connectivity index (χ0) is 14.7. The van der Waals surface area contributed by atoms with Crippen LogP contribution in [0.15, 0.2) is 18.2 Å². The first-order chi connectivity index (χ1) is 9.55. The molecule has 0 spiro atoms. The summed E-state index contributed by atoms with van der Waals surface area (Å²) in [5.41, 5.74) is 0.736. The van der Waals surface area contributed by atoms with Crippen molar-refractivity contribution in [1.82, 2.24) is 9.97 Å². The first kappa shape index (κ1) is 14.6. The van der Waals surface area contributed by atoms with Crippen molar-refractivity contribution in [2.75, 3.05) is 12.4 Å². The standard InChI is InChI=1S/C13H11Cl2N3O2/c1-7-16-12(15)9(6-19)13(17-7)18-11-5-8(20-2)3-4-10(11)14/h3-6H,1-2H3,(H,16,17,18). The Labute approximate surface area is 125 Å². The summed E-state index contributed by atoms with van der Waals surface area (Å²) in [5, 5.41) is 3.53. The number of ether oxygens (including phenoxy) is 1. The lowest BCUT2D eigenvalue weighted by Crippen LogP contribution is -2.03. The highest BCUT2D eigenvalue weighted by atomic mass is 35.5. The quantitative estimate of drug-likeness (QED) is 0.689. The Hall–Kier alpha value is -1.85. The topological polar surface area (TPSA) is 64.1 Å². The summed E-state index contributed by atoms with van der Waals surface area (Å²) in [4.78, 5) is 19.2. The fraction of sp³-hybridized carbons (Fsp3) is 0.154. The lowest BCUT2D eigenvalue weighted by Gasteiger charge is -2.12. The summed E-state index contributed by atoms with van der Waals surface area (Å²) in [6, 6.07) is 5.10. The summed E-state index contributed by atoms with van der Waals surface area (Å²) < 4.78 is 5.12.